The number of rotatable bonds is 5. The van der Waals surface area contributed by atoms with Crippen LogP contribution < -0.4 is 5.73 Å². The molecule has 0 aliphatic carbocycles. The first-order valence-electron chi connectivity index (χ1n) is 6.45. The molecule has 2 aromatic carbocycles. The number of nitrogens with two attached hydrogens (primary N) is 1. The molecule has 0 aliphatic heterocycles. The summed E-state index contributed by atoms with van der Waals surface area (Å²) in [4.78, 5) is 13.0. The van der Waals surface area contributed by atoms with E-state index in [2.05, 4.69) is 6.92 Å². The van der Waals surface area contributed by atoms with Crippen molar-refractivity contribution in [1.29, 1.82) is 0 Å². The van der Waals surface area contributed by atoms with Gasteiger partial charge in [-0.2, -0.15) is 0 Å². The fourth-order valence-electron chi connectivity index (χ4n) is 1.92. The summed E-state index contributed by atoms with van der Waals surface area (Å²) in [6, 6.07) is 13.6. The van der Waals surface area contributed by atoms with Crippen LogP contribution in [0.5, 0.6) is 0 Å². The average Bonchev–Trinajstić information content (AvgIpc) is 2.42. The van der Waals surface area contributed by atoms with Crippen molar-refractivity contribution in [2.45, 2.75) is 29.6 Å². The quantitative estimate of drug-likeness (QED) is 0.825. The summed E-state index contributed by atoms with van der Waals surface area (Å²) >= 11 is 1.57. The second kappa shape index (κ2) is 6.48. The number of nitrogen functional groups attached to an aromatic ring is 1. The molecule has 0 aromatic heterocycles. The maximum Gasteiger partial charge on any atom is 0.307 e. The SMILES string of the molecule is CCc1ccc(Sc2ccc(N)cc2)c(CC(=O)O)c1. The number of hydrogen-bond acceptors (Lipinski definition) is 3. The van der Waals surface area contributed by atoms with Crippen molar-refractivity contribution in [3.63, 3.8) is 0 Å². The molecule has 3 N–H and O–H groups in total. The highest BCUT2D eigenvalue weighted by Gasteiger charge is 2.09. The van der Waals surface area contributed by atoms with Crippen LogP contribution in [0, 0.1) is 0 Å². The minimum atomic E-state index is -0.808. The molecule has 0 fully saturated rings. The molecule has 0 heterocycles. The lowest BCUT2D eigenvalue weighted by Gasteiger charge is -2.10. The fraction of sp³-hybridized carbons (Fsp3) is 0.188. The second-order valence-corrected chi connectivity index (χ2v) is 5.65. The predicted molar refractivity (Wildman–Crippen MR) is 82.1 cm³/mol. The van der Waals surface area contributed by atoms with Gasteiger partial charge in [-0.25, -0.2) is 0 Å². The van der Waals surface area contributed by atoms with Crippen LogP contribution >= 0.6 is 11.8 Å². The summed E-state index contributed by atoms with van der Waals surface area (Å²) < 4.78 is 0. The largest absolute Gasteiger partial charge is 0.481 e. The van der Waals surface area contributed by atoms with Crippen molar-refractivity contribution < 1.29 is 9.90 Å². The Hall–Kier alpha value is -1.94. The van der Waals surface area contributed by atoms with Crippen molar-refractivity contribution in [3.05, 3.63) is 53.6 Å². The van der Waals surface area contributed by atoms with E-state index in [0.717, 1.165) is 33.0 Å². The van der Waals surface area contributed by atoms with Gasteiger partial charge in [-0.3, -0.25) is 4.79 Å². The van der Waals surface area contributed by atoms with Gasteiger partial charge >= 0.3 is 5.97 Å². The van der Waals surface area contributed by atoms with Gasteiger partial charge < -0.3 is 10.8 Å². The zero-order chi connectivity index (χ0) is 14.5. The molecule has 0 radical (unpaired) electrons. The van der Waals surface area contributed by atoms with E-state index >= 15 is 0 Å². The molecule has 0 aliphatic rings. The Labute approximate surface area is 122 Å². The highest BCUT2D eigenvalue weighted by atomic mass is 32.2. The molecule has 0 saturated carbocycles. The van der Waals surface area contributed by atoms with Gasteiger partial charge in [0, 0.05) is 15.5 Å². The number of hydrogen-bond donors (Lipinski definition) is 2. The van der Waals surface area contributed by atoms with Crippen LogP contribution in [0.1, 0.15) is 18.1 Å². The molecule has 20 heavy (non-hydrogen) atoms. The summed E-state index contributed by atoms with van der Waals surface area (Å²) in [5.41, 5.74) is 8.41. The van der Waals surface area contributed by atoms with Gasteiger partial charge in [-0.1, -0.05) is 30.8 Å². The van der Waals surface area contributed by atoms with Crippen LogP contribution in [0.15, 0.2) is 52.3 Å². The van der Waals surface area contributed by atoms with Crippen LogP contribution in [-0.4, -0.2) is 11.1 Å². The monoisotopic (exact) mass is 287 g/mol. The third kappa shape index (κ3) is 3.78. The number of carboxylic acids is 1. The molecule has 104 valence electrons. The van der Waals surface area contributed by atoms with E-state index in [4.69, 9.17) is 10.8 Å². The van der Waals surface area contributed by atoms with Gasteiger partial charge in [0.2, 0.25) is 0 Å². The number of aryl methyl sites for hydroxylation is 1. The second-order valence-electron chi connectivity index (χ2n) is 4.54. The van der Waals surface area contributed by atoms with Gasteiger partial charge in [-0.05, 0) is 47.9 Å². The summed E-state index contributed by atoms with van der Waals surface area (Å²) in [5.74, 6) is -0.808. The van der Waals surface area contributed by atoms with Crippen LogP contribution in [0.3, 0.4) is 0 Å². The van der Waals surface area contributed by atoms with Gasteiger partial charge in [0.25, 0.3) is 0 Å². The van der Waals surface area contributed by atoms with Crippen LogP contribution in [0.25, 0.3) is 0 Å². The van der Waals surface area contributed by atoms with Crippen molar-refractivity contribution in [3.8, 4) is 0 Å². The Balaban J connectivity index is 2.29. The Morgan fingerprint density at radius 3 is 2.50 bits per heavy atom. The minimum absolute atomic E-state index is 0.0468. The van der Waals surface area contributed by atoms with Gasteiger partial charge in [0.15, 0.2) is 0 Å². The van der Waals surface area contributed by atoms with E-state index in [0.29, 0.717) is 0 Å². The van der Waals surface area contributed by atoms with Crippen molar-refractivity contribution >= 4 is 23.4 Å². The number of aliphatic carboxylic acids is 1. The van der Waals surface area contributed by atoms with Crippen molar-refractivity contribution in [2.75, 3.05) is 5.73 Å². The third-order valence-electron chi connectivity index (χ3n) is 2.98. The van der Waals surface area contributed by atoms with E-state index < -0.39 is 5.97 Å². The van der Waals surface area contributed by atoms with E-state index in [1.54, 1.807) is 11.8 Å². The maximum absolute atomic E-state index is 11.0. The molecule has 0 saturated heterocycles. The predicted octanol–water partition coefficient (Wildman–Crippen LogP) is 3.61. The number of carboxylic acid groups (broad SMARTS) is 1. The zero-order valence-electron chi connectivity index (χ0n) is 11.3. The van der Waals surface area contributed by atoms with Gasteiger partial charge in [0.05, 0.1) is 6.42 Å². The molecule has 3 nitrogen and oxygen atoms in total. The zero-order valence-corrected chi connectivity index (χ0v) is 12.1. The normalized spacial score (nSPS) is 10.4. The Morgan fingerprint density at radius 2 is 1.90 bits per heavy atom. The summed E-state index contributed by atoms with van der Waals surface area (Å²) in [5, 5.41) is 9.03. The van der Waals surface area contributed by atoms with Crippen LogP contribution in [0.2, 0.25) is 0 Å². The van der Waals surface area contributed by atoms with E-state index in [1.807, 2.05) is 42.5 Å². The maximum atomic E-state index is 11.0. The van der Waals surface area contributed by atoms with Crippen molar-refractivity contribution in [1.82, 2.24) is 0 Å². The lowest BCUT2D eigenvalue weighted by molar-refractivity contribution is -0.136. The number of benzene rings is 2. The fourth-order valence-corrected chi connectivity index (χ4v) is 2.84. The topological polar surface area (TPSA) is 63.3 Å². The van der Waals surface area contributed by atoms with Crippen LogP contribution in [-0.2, 0) is 17.6 Å². The summed E-state index contributed by atoms with van der Waals surface area (Å²) in [6.07, 6.45) is 0.949. The molecule has 0 spiro atoms. The van der Waals surface area contributed by atoms with Crippen LogP contribution in [0.4, 0.5) is 5.69 Å². The average molecular weight is 287 g/mol. The molecule has 0 unspecified atom stereocenters. The first kappa shape index (κ1) is 14.5. The van der Waals surface area contributed by atoms with Gasteiger partial charge in [-0.15, -0.1) is 0 Å². The Kier molecular flexibility index (Phi) is 4.69. The molecule has 0 amide bonds. The molecule has 0 atom stereocenters. The highest BCUT2D eigenvalue weighted by molar-refractivity contribution is 7.99. The summed E-state index contributed by atoms with van der Waals surface area (Å²) in [6.45, 7) is 2.06. The molecule has 2 aromatic rings. The lowest BCUT2D eigenvalue weighted by atomic mass is 10.1. The van der Waals surface area contributed by atoms with E-state index in [9.17, 15) is 4.79 Å². The molecular weight excluding hydrogens is 270 g/mol. The Bertz CT molecular complexity index is 608. The first-order valence-corrected chi connectivity index (χ1v) is 7.27. The first-order chi connectivity index (χ1) is 9.58. The third-order valence-corrected chi connectivity index (χ3v) is 4.11. The smallest absolute Gasteiger partial charge is 0.307 e. The standard InChI is InChI=1S/C16H17NO2S/c1-2-11-3-8-15(12(9-11)10-16(18)19)20-14-6-4-13(17)5-7-14/h3-9H,2,10,17H2,1H3,(H,18,19). The lowest BCUT2D eigenvalue weighted by Crippen LogP contribution is -2.02. The number of anilines is 1. The molecular formula is C16H17NO2S. The van der Waals surface area contributed by atoms with Crippen molar-refractivity contribution in [2.24, 2.45) is 0 Å². The molecule has 4 heteroatoms. The Morgan fingerprint density at radius 1 is 1.20 bits per heavy atom. The summed E-state index contributed by atoms with van der Waals surface area (Å²) in [7, 11) is 0. The minimum Gasteiger partial charge on any atom is -0.481 e. The molecule has 0 bridgehead atoms. The number of carbonyl (C=O) groups is 1. The van der Waals surface area contributed by atoms with E-state index in [1.165, 1.54) is 0 Å². The van der Waals surface area contributed by atoms with Gasteiger partial charge in [0.1, 0.15) is 0 Å². The highest BCUT2D eigenvalue weighted by Crippen LogP contribution is 2.32. The van der Waals surface area contributed by atoms with E-state index in [-0.39, 0.29) is 6.42 Å². The molecule has 2 rings (SSSR count).